The number of methoxy groups -OCH3 is 1. The summed E-state index contributed by atoms with van der Waals surface area (Å²) in [4.78, 5) is -0.553. The van der Waals surface area contributed by atoms with Gasteiger partial charge in [0, 0.05) is 7.05 Å². The largest absolute Gasteiger partial charge is 0.495 e. The number of benzene rings is 2. The topological polar surface area (TPSA) is 72.6 Å². The molecule has 0 saturated heterocycles. The van der Waals surface area contributed by atoms with Crippen LogP contribution in [0.4, 0.5) is 15.8 Å². The van der Waals surface area contributed by atoms with E-state index in [9.17, 15) is 12.8 Å². The lowest BCUT2D eigenvalue weighted by Crippen LogP contribution is -2.28. The standard InChI is InChI=1S/C14H14ClFN2O3S/c1-18(12-5-3-4-6-13(12)21-2)22(19,20)14-8-11(17)9(15)7-10(14)16/h3-8H,17H2,1-2H3. The number of hydrogen-bond acceptors (Lipinski definition) is 4. The van der Waals surface area contributed by atoms with E-state index in [1.165, 1.54) is 14.2 Å². The Bertz CT molecular complexity index is 812. The van der Waals surface area contributed by atoms with Gasteiger partial charge in [-0.05, 0) is 24.3 Å². The molecule has 5 nitrogen and oxygen atoms in total. The monoisotopic (exact) mass is 344 g/mol. The Labute approximate surface area is 133 Å². The van der Waals surface area contributed by atoms with Crippen LogP contribution in [-0.2, 0) is 10.0 Å². The van der Waals surface area contributed by atoms with E-state index in [0.717, 1.165) is 16.4 Å². The molecular formula is C14H14ClFN2O3S. The number of nitrogens with two attached hydrogens (primary N) is 1. The van der Waals surface area contributed by atoms with Gasteiger partial charge in [0.05, 0.1) is 23.5 Å². The third-order valence-electron chi connectivity index (χ3n) is 3.11. The van der Waals surface area contributed by atoms with Crippen molar-refractivity contribution >= 4 is 33.0 Å². The minimum Gasteiger partial charge on any atom is -0.495 e. The maximum Gasteiger partial charge on any atom is 0.267 e. The van der Waals surface area contributed by atoms with Crippen molar-refractivity contribution in [2.75, 3.05) is 24.2 Å². The number of nitrogens with zero attached hydrogens (tertiary/aromatic N) is 1. The van der Waals surface area contributed by atoms with Crippen LogP contribution in [0.5, 0.6) is 5.75 Å². The van der Waals surface area contributed by atoms with E-state index >= 15 is 0 Å². The first-order valence-corrected chi connectivity index (χ1v) is 7.97. The maximum atomic E-state index is 14.0. The van der Waals surface area contributed by atoms with Gasteiger partial charge < -0.3 is 10.5 Å². The van der Waals surface area contributed by atoms with Crippen LogP contribution in [0.25, 0.3) is 0 Å². The Hall–Kier alpha value is -1.99. The molecule has 0 aromatic heterocycles. The van der Waals surface area contributed by atoms with Gasteiger partial charge in [0.15, 0.2) is 0 Å². The highest BCUT2D eigenvalue weighted by Crippen LogP contribution is 2.33. The van der Waals surface area contributed by atoms with E-state index in [4.69, 9.17) is 22.1 Å². The molecule has 0 amide bonds. The predicted octanol–water partition coefficient (Wildman–Crippen LogP) is 2.90. The summed E-state index contributed by atoms with van der Waals surface area (Å²) in [6.45, 7) is 0. The molecule has 2 rings (SSSR count). The number of nitrogen functional groups attached to an aromatic ring is 1. The number of para-hydroxylation sites is 2. The zero-order chi connectivity index (χ0) is 16.5. The first-order valence-electron chi connectivity index (χ1n) is 6.15. The number of anilines is 2. The summed E-state index contributed by atoms with van der Waals surface area (Å²) < 4.78 is 45.3. The second-order valence-corrected chi connectivity index (χ2v) is 6.79. The molecule has 0 fully saturated rings. The van der Waals surface area contributed by atoms with E-state index in [0.29, 0.717) is 5.75 Å². The van der Waals surface area contributed by atoms with Crippen LogP contribution in [0.15, 0.2) is 41.3 Å². The van der Waals surface area contributed by atoms with Crippen molar-refractivity contribution in [1.82, 2.24) is 0 Å². The van der Waals surface area contributed by atoms with Crippen LogP contribution in [0.1, 0.15) is 0 Å². The van der Waals surface area contributed by atoms with Crippen molar-refractivity contribution < 1.29 is 17.5 Å². The molecule has 0 bridgehead atoms. The highest BCUT2D eigenvalue weighted by Gasteiger charge is 2.27. The molecule has 8 heteroatoms. The SMILES string of the molecule is COc1ccccc1N(C)S(=O)(=O)c1cc(N)c(Cl)cc1F. The lowest BCUT2D eigenvalue weighted by Gasteiger charge is -2.22. The Morgan fingerprint density at radius 3 is 2.55 bits per heavy atom. The fourth-order valence-corrected chi connectivity index (χ4v) is 3.35. The quantitative estimate of drug-likeness (QED) is 0.865. The van der Waals surface area contributed by atoms with Gasteiger partial charge in [0.1, 0.15) is 16.5 Å². The van der Waals surface area contributed by atoms with Gasteiger partial charge in [0.25, 0.3) is 10.0 Å². The molecule has 118 valence electrons. The third-order valence-corrected chi connectivity index (χ3v) is 5.23. The fraction of sp³-hybridized carbons (Fsp3) is 0.143. The summed E-state index contributed by atoms with van der Waals surface area (Å²) in [6.07, 6.45) is 0. The van der Waals surface area contributed by atoms with E-state index in [2.05, 4.69) is 0 Å². The molecule has 0 heterocycles. The molecule has 22 heavy (non-hydrogen) atoms. The van der Waals surface area contributed by atoms with Crippen molar-refractivity contribution in [2.45, 2.75) is 4.90 Å². The summed E-state index contributed by atoms with van der Waals surface area (Å²) in [7, 11) is -1.44. The molecule has 2 N–H and O–H groups in total. The summed E-state index contributed by atoms with van der Waals surface area (Å²) >= 11 is 5.69. The van der Waals surface area contributed by atoms with Gasteiger partial charge in [-0.3, -0.25) is 4.31 Å². The summed E-state index contributed by atoms with van der Waals surface area (Å²) in [6, 6.07) is 8.38. The zero-order valence-corrected chi connectivity index (χ0v) is 13.5. The molecule has 0 aliphatic rings. The average molecular weight is 345 g/mol. The molecule has 0 unspecified atom stereocenters. The molecule has 0 spiro atoms. The third kappa shape index (κ3) is 2.82. The van der Waals surface area contributed by atoms with Crippen molar-refractivity contribution in [2.24, 2.45) is 0 Å². The van der Waals surface area contributed by atoms with E-state index < -0.39 is 20.7 Å². The van der Waals surface area contributed by atoms with Gasteiger partial charge in [-0.2, -0.15) is 0 Å². The van der Waals surface area contributed by atoms with Crippen LogP contribution in [0, 0.1) is 5.82 Å². The van der Waals surface area contributed by atoms with Crippen LogP contribution < -0.4 is 14.8 Å². The summed E-state index contributed by atoms with van der Waals surface area (Å²) in [5, 5.41) is -0.0450. The second kappa shape index (κ2) is 6.02. The number of sulfonamides is 1. The van der Waals surface area contributed by atoms with Crippen LogP contribution in [-0.4, -0.2) is 22.6 Å². The van der Waals surface area contributed by atoms with Gasteiger partial charge in [-0.1, -0.05) is 23.7 Å². The lowest BCUT2D eigenvalue weighted by atomic mass is 10.3. The van der Waals surface area contributed by atoms with Gasteiger partial charge >= 0.3 is 0 Å². The van der Waals surface area contributed by atoms with E-state index in [1.807, 2.05) is 0 Å². The molecular weight excluding hydrogens is 331 g/mol. The van der Waals surface area contributed by atoms with Crippen molar-refractivity contribution in [3.63, 3.8) is 0 Å². The van der Waals surface area contributed by atoms with Crippen molar-refractivity contribution in [3.05, 3.63) is 47.2 Å². The molecule has 2 aromatic rings. The molecule has 0 aliphatic heterocycles. The second-order valence-electron chi connectivity index (χ2n) is 4.45. The minimum atomic E-state index is -4.15. The van der Waals surface area contributed by atoms with Crippen LogP contribution in [0.3, 0.4) is 0 Å². The number of rotatable bonds is 4. The van der Waals surface area contributed by atoms with Gasteiger partial charge in [-0.15, -0.1) is 0 Å². The highest BCUT2D eigenvalue weighted by atomic mass is 35.5. The Morgan fingerprint density at radius 1 is 1.27 bits per heavy atom. The van der Waals surface area contributed by atoms with E-state index in [-0.39, 0.29) is 16.4 Å². The average Bonchev–Trinajstić information content (AvgIpc) is 2.49. The first-order chi connectivity index (χ1) is 10.3. The summed E-state index contributed by atoms with van der Waals surface area (Å²) in [5.41, 5.74) is 5.83. The Kier molecular flexibility index (Phi) is 4.48. The van der Waals surface area contributed by atoms with Crippen molar-refractivity contribution in [3.8, 4) is 5.75 Å². The highest BCUT2D eigenvalue weighted by molar-refractivity contribution is 7.92. The molecule has 0 aliphatic carbocycles. The minimum absolute atomic E-state index is 0.0185. The molecule has 2 aromatic carbocycles. The van der Waals surface area contributed by atoms with E-state index in [1.54, 1.807) is 24.3 Å². The van der Waals surface area contributed by atoms with Crippen LogP contribution >= 0.6 is 11.6 Å². The van der Waals surface area contributed by atoms with Crippen LogP contribution in [0.2, 0.25) is 5.02 Å². The first kappa shape index (κ1) is 16.4. The van der Waals surface area contributed by atoms with Gasteiger partial charge in [-0.25, -0.2) is 12.8 Å². The molecule has 0 atom stereocenters. The zero-order valence-electron chi connectivity index (χ0n) is 11.9. The number of ether oxygens (including phenoxy) is 1. The lowest BCUT2D eigenvalue weighted by molar-refractivity contribution is 0.416. The van der Waals surface area contributed by atoms with Crippen molar-refractivity contribution in [1.29, 1.82) is 0 Å². The fourth-order valence-electron chi connectivity index (χ4n) is 1.91. The normalized spacial score (nSPS) is 11.3. The number of hydrogen-bond donors (Lipinski definition) is 1. The Morgan fingerprint density at radius 2 is 1.91 bits per heavy atom. The molecule has 0 radical (unpaired) electrons. The molecule has 0 saturated carbocycles. The Balaban J connectivity index is 2.57. The maximum absolute atomic E-state index is 14.0. The van der Waals surface area contributed by atoms with Gasteiger partial charge in [0.2, 0.25) is 0 Å². The summed E-state index contributed by atoms with van der Waals surface area (Å²) in [5.74, 6) is -0.628. The number of halogens is 2. The smallest absolute Gasteiger partial charge is 0.267 e. The predicted molar refractivity (Wildman–Crippen MR) is 84.4 cm³/mol.